The fourth-order valence-electron chi connectivity index (χ4n) is 3.42. The molecule has 1 saturated carbocycles. The number of amides is 1. The standard InChI is InChI=1S/C17H23N5OS/c1-24-13-8-20-16-14(15(13)22-6-2-3-11(18)9-22)12(7-19-16)21-17(23)10-4-5-10/h7-8,10-11H,2-6,9,18H2,1H3,(H,19,20)(H,21,23). The second kappa shape index (κ2) is 6.29. The van der Waals surface area contributed by atoms with E-state index in [4.69, 9.17) is 5.73 Å². The number of carbonyl (C=O) groups excluding carboxylic acids is 1. The molecule has 1 amide bonds. The fourth-order valence-corrected chi connectivity index (χ4v) is 4.00. The molecule has 2 aromatic heterocycles. The second-order valence-corrected chi connectivity index (χ2v) is 7.56. The quantitative estimate of drug-likeness (QED) is 0.741. The van der Waals surface area contributed by atoms with Crippen molar-refractivity contribution in [2.75, 3.05) is 29.6 Å². The lowest BCUT2D eigenvalue weighted by Gasteiger charge is -2.34. The first-order chi connectivity index (χ1) is 11.7. The fraction of sp³-hybridized carbons (Fsp3) is 0.529. The third-order valence-corrected chi connectivity index (χ3v) is 5.58. The summed E-state index contributed by atoms with van der Waals surface area (Å²) in [5, 5.41) is 4.10. The Morgan fingerprint density at radius 2 is 2.29 bits per heavy atom. The monoisotopic (exact) mass is 345 g/mol. The molecule has 2 aliphatic rings. The maximum atomic E-state index is 12.2. The molecule has 3 heterocycles. The van der Waals surface area contributed by atoms with E-state index in [0.29, 0.717) is 0 Å². The van der Waals surface area contributed by atoms with E-state index >= 15 is 0 Å². The maximum absolute atomic E-state index is 12.2. The summed E-state index contributed by atoms with van der Waals surface area (Å²) in [5.74, 6) is 0.297. The van der Waals surface area contributed by atoms with Gasteiger partial charge in [-0.3, -0.25) is 4.79 Å². The van der Waals surface area contributed by atoms with Gasteiger partial charge < -0.3 is 20.9 Å². The molecular formula is C17H23N5OS. The average Bonchev–Trinajstić information content (AvgIpc) is 3.36. The number of thioether (sulfide) groups is 1. The van der Waals surface area contributed by atoms with Gasteiger partial charge in [0.2, 0.25) is 5.91 Å². The number of piperidine rings is 1. The number of pyridine rings is 1. The largest absolute Gasteiger partial charge is 0.368 e. The first kappa shape index (κ1) is 15.8. The van der Waals surface area contributed by atoms with Crippen molar-refractivity contribution < 1.29 is 4.79 Å². The van der Waals surface area contributed by atoms with E-state index < -0.39 is 0 Å². The lowest BCUT2D eigenvalue weighted by atomic mass is 10.1. The van der Waals surface area contributed by atoms with Crippen LogP contribution in [0.4, 0.5) is 11.4 Å². The molecule has 1 atom stereocenters. The Hall–Kier alpha value is -1.73. The van der Waals surface area contributed by atoms with Crippen LogP contribution in [0.1, 0.15) is 25.7 Å². The Labute approximate surface area is 145 Å². The third-order valence-electron chi connectivity index (χ3n) is 4.84. The Morgan fingerprint density at radius 3 is 3.00 bits per heavy atom. The highest BCUT2D eigenvalue weighted by Gasteiger charge is 2.31. The third kappa shape index (κ3) is 2.86. The van der Waals surface area contributed by atoms with E-state index in [1.54, 1.807) is 11.8 Å². The zero-order chi connectivity index (χ0) is 16.7. The van der Waals surface area contributed by atoms with Crippen LogP contribution in [-0.2, 0) is 4.79 Å². The molecule has 128 valence electrons. The number of nitrogens with zero attached hydrogens (tertiary/aromatic N) is 2. The summed E-state index contributed by atoms with van der Waals surface area (Å²) in [4.78, 5) is 23.4. The van der Waals surface area contributed by atoms with Crippen LogP contribution in [0.3, 0.4) is 0 Å². The molecule has 2 fully saturated rings. The van der Waals surface area contributed by atoms with Gasteiger partial charge in [0, 0.05) is 42.3 Å². The summed E-state index contributed by atoms with van der Waals surface area (Å²) in [6.07, 6.45) is 9.98. The van der Waals surface area contributed by atoms with Crippen molar-refractivity contribution >= 4 is 40.1 Å². The minimum absolute atomic E-state index is 0.117. The zero-order valence-electron chi connectivity index (χ0n) is 13.8. The number of H-pyrrole nitrogens is 1. The van der Waals surface area contributed by atoms with Crippen molar-refractivity contribution in [3.8, 4) is 0 Å². The van der Waals surface area contributed by atoms with Crippen LogP contribution < -0.4 is 16.0 Å². The minimum atomic E-state index is 0.117. The van der Waals surface area contributed by atoms with Gasteiger partial charge in [0.15, 0.2) is 0 Å². The number of anilines is 2. The summed E-state index contributed by atoms with van der Waals surface area (Å²) < 4.78 is 0. The Morgan fingerprint density at radius 1 is 1.46 bits per heavy atom. The van der Waals surface area contributed by atoms with Gasteiger partial charge in [-0.05, 0) is 31.9 Å². The van der Waals surface area contributed by atoms with Crippen molar-refractivity contribution in [1.82, 2.24) is 9.97 Å². The van der Waals surface area contributed by atoms with E-state index in [1.165, 1.54) is 0 Å². The highest BCUT2D eigenvalue weighted by molar-refractivity contribution is 7.98. The number of rotatable bonds is 4. The Balaban J connectivity index is 1.78. The molecule has 7 heteroatoms. The van der Waals surface area contributed by atoms with Crippen molar-refractivity contribution in [3.05, 3.63) is 12.4 Å². The number of carbonyl (C=O) groups is 1. The molecule has 1 saturated heterocycles. The molecule has 1 aliphatic carbocycles. The number of aromatic nitrogens is 2. The summed E-state index contributed by atoms with van der Waals surface area (Å²) in [7, 11) is 0. The summed E-state index contributed by atoms with van der Waals surface area (Å²) in [5.41, 5.74) is 8.99. The molecule has 1 aliphatic heterocycles. The van der Waals surface area contributed by atoms with Crippen molar-refractivity contribution in [3.63, 3.8) is 0 Å². The molecule has 2 aromatic rings. The van der Waals surface area contributed by atoms with Gasteiger partial charge in [0.1, 0.15) is 5.65 Å². The lowest BCUT2D eigenvalue weighted by molar-refractivity contribution is -0.117. The first-order valence-electron chi connectivity index (χ1n) is 8.53. The predicted octanol–water partition coefficient (Wildman–Crippen LogP) is 2.56. The van der Waals surface area contributed by atoms with Gasteiger partial charge in [-0.2, -0.15) is 0 Å². The number of fused-ring (bicyclic) bond motifs is 1. The smallest absolute Gasteiger partial charge is 0.227 e. The van der Waals surface area contributed by atoms with Gasteiger partial charge in [-0.25, -0.2) is 4.98 Å². The van der Waals surface area contributed by atoms with Crippen LogP contribution in [0, 0.1) is 5.92 Å². The molecule has 0 spiro atoms. The SMILES string of the molecule is CSc1cnc2[nH]cc(NC(=O)C3CC3)c2c1N1CCCC(N)C1. The predicted molar refractivity (Wildman–Crippen MR) is 98.7 cm³/mol. The molecule has 0 bridgehead atoms. The van der Waals surface area contributed by atoms with Crippen molar-refractivity contribution in [1.29, 1.82) is 0 Å². The topological polar surface area (TPSA) is 87.0 Å². The Kier molecular flexibility index (Phi) is 4.14. The number of aromatic amines is 1. The number of nitrogens with one attached hydrogen (secondary N) is 2. The van der Waals surface area contributed by atoms with Crippen LogP contribution in [0.15, 0.2) is 17.3 Å². The van der Waals surface area contributed by atoms with Gasteiger partial charge in [0.25, 0.3) is 0 Å². The maximum Gasteiger partial charge on any atom is 0.227 e. The molecule has 4 N–H and O–H groups in total. The summed E-state index contributed by atoms with van der Waals surface area (Å²) in [6.45, 7) is 1.83. The van der Waals surface area contributed by atoms with E-state index in [1.807, 2.05) is 12.4 Å². The minimum Gasteiger partial charge on any atom is -0.368 e. The molecule has 0 radical (unpaired) electrons. The highest BCUT2D eigenvalue weighted by atomic mass is 32.2. The first-order valence-corrected chi connectivity index (χ1v) is 9.75. The average molecular weight is 345 g/mol. The van der Waals surface area contributed by atoms with Crippen LogP contribution in [0.2, 0.25) is 0 Å². The lowest BCUT2D eigenvalue weighted by Crippen LogP contribution is -2.43. The zero-order valence-corrected chi connectivity index (χ0v) is 14.7. The van der Waals surface area contributed by atoms with Gasteiger partial charge in [0.05, 0.1) is 16.8 Å². The van der Waals surface area contributed by atoms with Gasteiger partial charge in [-0.1, -0.05) is 0 Å². The summed E-state index contributed by atoms with van der Waals surface area (Å²) in [6, 6.07) is 0.195. The van der Waals surface area contributed by atoms with E-state index in [-0.39, 0.29) is 17.9 Å². The molecule has 1 unspecified atom stereocenters. The van der Waals surface area contributed by atoms with Crippen molar-refractivity contribution in [2.45, 2.75) is 36.6 Å². The number of nitrogens with two attached hydrogens (primary N) is 1. The highest BCUT2D eigenvalue weighted by Crippen LogP contribution is 2.40. The Bertz CT molecular complexity index is 770. The van der Waals surface area contributed by atoms with Gasteiger partial charge in [-0.15, -0.1) is 11.8 Å². The van der Waals surface area contributed by atoms with Crippen LogP contribution in [0.25, 0.3) is 11.0 Å². The molecule has 6 nitrogen and oxygen atoms in total. The number of hydrogen-bond acceptors (Lipinski definition) is 5. The van der Waals surface area contributed by atoms with E-state index in [0.717, 1.165) is 66.1 Å². The van der Waals surface area contributed by atoms with Crippen molar-refractivity contribution in [2.24, 2.45) is 11.7 Å². The summed E-state index contributed by atoms with van der Waals surface area (Å²) >= 11 is 1.68. The molecule has 0 aromatic carbocycles. The van der Waals surface area contributed by atoms with E-state index in [9.17, 15) is 4.79 Å². The van der Waals surface area contributed by atoms with Gasteiger partial charge >= 0.3 is 0 Å². The molecule has 4 rings (SSSR count). The molecule has 24 heavy (non-hydrogen) atoms. The second-order valence-electron chi connectivity index (χ2n) is 6.71. The van der Waals surface area contributed by atoms with Crippen LogP contribution in [0.5, 0.6) is 0 Å². The number of hydrogen-bond donors (Lipinski definition) is 3. The van der Waals surface area contributed by atoms with Crippen LogP contribution >= 0.6 is 11.8 Å². The molecular weight excluding hydrogens is 322 g/mol. The van der Waals surface area contributed by atoms with E-state index in [2.05, 4.69) is 26.4 Å². The normalized spacial score (nSPS) is 21.2. The van der Waals surface area contributed by atoms with Crippen LogP contribution in [-0.4, -0.2) is 41.3 Å².